The maximum atomic E-state index is 11.0. The lowest BCUT2D eigenvalue weighted by atomic mass is 10.1. The molecule has 0 heterocycles. The van der Waals surface area contributed by atoms with E-state index in [0.29, 0.717) is 13.0 Å². The third-order valence-electron chi connectivity index (χ3n) is 2.72. The highest BCUT2D eigenvalue weighted by Gasteiger charge is 2.14. The maximum Gasteiger partial charge on any atom is 0.305 e. The number of hydrogen-bond acceptors (Lipinski definition) is 2. The molecule has 0 amide bonds. The van der Waals surface area contributed by atoms with Crippen LogP contribution in [0, 0.1) is 5.92 Å². The zero-order valence-electron chi connectivity index (χ0n) is 8.55. The first-order valence-electron chi connectivity index (χ1n) is 5.48. The van der Waals surface area contributed by atoms with Gasteiger partial charge in [-0.15, -0.1) is 0 Å². The first-order chi connectivity index (χ1) is 6.33. The summed E-state index contributed by atoms with van der Waals surface area (Å²) in [7, 11) is 0. The van der Waals surface area contributed by atoms with Gasteiger partial charge in [0.2, 0.25) is 0 Å². The Kier molecular flexibility index (Phi) is 4.87. The van der Waals surface area contributed by atoms with E-state index in [-0.39, 0.29) is 5.97 Å². The smallest absolute Gasteiger partial charge is 0.305 e. The van der Waals surface area contributed by atoms with E-state index in [1.165, 1.54) is 25.7 Å². The van der Waals surface area contributed by atoms with Gasteiger partial charge in [0.1, 0.15) is 0 Å². The van der Waals surface area contributed by atoms with E-state index in [1.807, 2.05) is 6.92 Å². The first kappa shape index (κ1) is 10.6. The quantitative estimate of drug-likeness (QED) is 0.614. The number of esters is 1. The lowest BCUT2D eigenvalue weighted by Gasteiger charge is -2.08. The fourth-order valence-electron chi connectivity index (χ4n) is 1.91. The van der Waals surface area contributed by atoms with Gasteiger partial charge in [0.15, 0.2) is 0 Å². The number of rotatable bonds is 5. The van der Waals surface area contributed by atoms with Gasteiger partial charge in [0.05, 0.1) is 6.61 Å². The molecule has 13 heavy (non-hydrogen) atoms. The van der Waals surface area contributed by atoms with Crippen LogP contribution in [-0.2, 0) is 9.53 Å². The summed E-state index contributed by atoms with van der Waals surface area (Å²) < 4.78 is 5.11. The number of ether oxygens (including phenoxy) is 1. The zero-order chi connectivity index (χ0) is 9.52. The lowest BCUT2D eigenvalue weighted by Crippen LogP contribution is -2.07. The van der Waals surface area contributed by atoms with E-state index in [2.05, 4.69) is 0 Å². The minimum atomic E-state index is -0.0273. The summed E-state index contributed by atoms with van der Waals surface area (Å²) in [5, 5.41) is 0. The molecule has 0 aliphatic heterocycles. The summed E-state index contributed by atoms with van der Waals surface area (Å²) in [4.78, 5) is 11.0. The van der Waals surface area contributed by atoms with Crippen LogP contribution < -0.4 is 0 Å². The Balaban J connectivity index is 1.96. The van der Waals surface area contributed by atoms with Crippen LogP contribution in [0.4, 0.5) is 0 Å². The molecular formula is C11H20O2. The second kappa shape index (κ2) is 6.01. The maximum absolute atomic E-state index is 11.0. The molecule has 0 N–H and O–H groups in total. The molecule has 0 bridgehead atoms. The number of hydrogen-bond donors (Lipinski definition) is 0. The van der Waals surface area contributed by atoms with Gasteiger partial charge in [0.25, 0.3) is 0 Å². The van der Waals surface area contributed by atoms with Crippen molar-refractivity contribution in [2.24, 2.45) is 5.92 Å². The Morgan fingerprint density at radius 1 is 1.38 bits per heavy atom. The van der Waals surface area contributed by atoms with Crippen molar-refractivity contribution >= 4 is 5.97 Å². The van der Waals surface area contributed by atoms with E-state index >= 15 is 0 Å². The summed E-state index contributed by atoms with van der Waals surface area (Å²) in [6.45, 7) is 2.64. The molecule has 0 aromatic heterocycles. The van der Waals surface area contributed by atoms with Gasteiger partial charge in [-0.05, 0) is 18.8 Å². The molecule has 0 aromatic carbocycles. The standard InChI is InChI=1S/C11H20O2/c1-2-5-11(12)13-9-8-10-6-3-4-7-10/h10H,2-9H2,1H3. The van der Waals surface area contributed by atoms with Crippen LogP contribution in [0.15, 0.2) is 0 Å². The third-order valence-corrected chi connectivity index (χ3v) is 2.72. The molecule has 0 aromatic rings. The number of carbonyl (C=O) groups is 1. The summed E-state index contributed by atoms with van der Waals surface area (Å²) in [5.74, 6) is 0.801. The molecule has 1 saturated carbocycles. The predicted molar refractivity (Wildman–Crippen MR) is 52.4 cm³/mol. The average Bonchev–Trinajstić information content (AvgIpc) is 2.57. The Labute approximate surface area is 80.7 Å². The minimum Gasteiger partial charge on any atom is -0.466 e. The highest BCUT2D eigenvalue weighted by Crippen LogP contribution is 2.27. The molecule has 0 atom stereocenters. The molecular weight excluding hydrogens is 164 g/mol. The van der Waals surface area contributed by atoms with Crippen LogP contribution in [0.3, 0.4) is 0 Å². The summed E-state index contributed by atoms with van der Waals surface area (Å²) in [6, 6.07) is 0. The fourth-order valence-corrected chi connectivity index (χ4v) is 1.91. The summed E-state index contributed by atoms with van der Waals surface area (Å²) >= 11 is 0. The molecule has 0 unspecified atom stereocenters. The second-order valence-electron chi connectivity index (χ2n) is 3.91. The van der Waals surface area contributed by atoms with E-state index < -0.39 is 0 Å². The molecule has 0 saturated heterocycles. The monoisotopic (exact) mass is 184 g/mol. The van der Waals surface area contributed by atoms with Crippen molar-refractivity contribution in [1.82, 2.24) is 0 Å². The van der Waals surface area contributed by atoms with Crippen molar-refractivity contribution in [1.29, 1.82) is 0 Å². The fraction of sp³-hybridized carbons (Fsp3) is 0.909. The molecule has 1 aliphatic carbocycles. The molecule has 0 radical (unpaired) electrons. The molecule has 1 aliphatic rings. The predicted octanol–water partition coefficient (Wildman–Crippen LogP) is 2.91. The Morgan fingerprint density at radius 2 is 2.08 bits per heavy atom. The third kappa shape index (κ3) is 4.30. The van der Waals surface area contributed by atoms with Crippen molar-refractivity contribution in [2.75, 3.05) is 6.61 Å². The summed E-state index contributed by atoms with van der Waals surface area (Å²) in [6.07, 6.45) is 7.96. The van der Waals surface area contributed by atoms with Crippen LogP contribution in [0.5, 0.6) is 0 Å². The van der Waals surface area contributed by atoms with E-state index in [1.54, 1.807) is 0 Å². The van der Waals surface area contributed by atoms with Gasteiger partial charge >= 0.3 is 5.97 Å². The topological polar surface area (TPSA) is 26.3 Å². The Morgan fingerprint density at radius 3 is 2.69 bits per heavy atom. The molecule has 0 spiro atoms. The van der Waals surface area contributed by atoms with Crippen molar-refractivity contribution in [2.45, 2.75) is 51.9 Å². The van der Waals surface area contributed by atoms with Crippen molar-refractivity contribution in [3.63, 3.8) is 0 Å². The van der Waals surface area contributed by atoms with Gasteiger partial charge in [0, 0.05) is 6.42 Å². The molecule has 1 rings (SSSR count). The van der Waals surface area contributed by atoms with Gasteiger partial charge in [-0.1, -0.05) is 32.6 Å². The largest absolute Gasteiger partial charge is 0.466 e. The van der Waals surface area contributed by atoms with E-state index in [0.717, 1.165) is 18.8 Å². The highest BCUT2D eigenvalue weighted by molar-refractivity contribution is 5.69. The number of carbonyl (C=O) groups excluding carboxylic acids is 1. The lowest BCUT2D eigenvalue weighted by molar-refractivity contribution is -0.144. The average molecular weight is 184 g/mol. The van der Waals surface area contributed by atoms with Crippen molar-refractivity contribution < 1.29 is 9.53 Å². The summed E-state index contributed by atoms with van der Waals surface area (Å²) in [5.41, 5.74) is 0. The first-order valence-corrected chi connectivity index (χ1v) is 5.48. The van der Waals surface area contributed by atoms with Crippen LogP contribution in [0.25, 0.3) is 0 Å². The normalized spacial score (nSPS) is 17.6. The van der Waals surface area contributed by atoms with Crippen LogP contribution in [-0.4, -0.2) is 12.6 Å². The highest BCUT2D eigenvalue weighted by atomic mass is 16.5. The van der Waals surface area contributed by atoms with Gasteiger partial charge < -0.3 is 4.74 Å². The van der Waals surface area contributed by atoms with Crippen molar-refractivity contribution in [3.05, 3.63) is 0 Å². The molecule has 1 fully saturated rings. The van der Waals surface area contributed by atoms with Gasteiger partial charge in [-0.2, -0.15) is 0 Å². The SMILES string of the molecule is CCCC(=O)OCCC1CCCC1. The van der Waals surface area contributed by atoms with Gasteiger partial charge in [-0.3, -0.25) is 4.79 Å². The molecule has 2 nitrogen and oxygen atoms in total. The molecule has 2 heteroatoms. The zero-order valence-corrected chi connectivity index (χ0v) is 8.55. The van der Waals surface area contributed by atoms with E-state index in [9.17, 15) is 4.79 Å². The molecule has 76 valence electrons. The minimum absolute atomic E-state index is 0.0273. The second-order valence-corrected chi connectivity index (χ2v) is 3.91. The van der Waals surface area contributed by atoms with Gasteiger partial charge in [-0.25, -0.2) is 0 Å². The van der Waals surface area contributed by atoms with E-state index in [4.69, 9.17) is 4.74 Å². The van der Waals surface area contributed by atoms with Crippen LogP contribution in [0.2, 0.25) is 0 Å². The Hall–Kier alpha value is -0.530. The van der Waals surface area contributed by atoms with Crippen LogP contribution in [0.1, 0.15) is 51.9 Å². The van der Waals surface area contributed by atoms with Crippen LogP contribution >= 0.6 is 0 Å². The van der Waals surface area contributed by atoms with Crippen molar-refractivity contribution in [3.8, 4) is 0 Å². The Bertz CT molecular complexity index is 148.